The van der Waals surface area contributed by atoms with Crippen LogP contribution in [-0.4, -0.2) is 38.8 Å². The molecule has 40 heavy (non-hydrogen) atoms. The van der Waals surface area contributed by atoms with Gasteiger partial charge in [-0.2, -0.15) is 5.10 Å². The van der Waals surface area contributed by atoms with Crippen LogP contribution in [0.1, 0.15) is 28.2 Å². The Hall–Kier alpha value is -5.18. The summed E-state index contributed by atoms with van der Waals surface area (Å²) in [4.78, 5) is 32.5. The lowest BCUT2D eigenvalue weighted by molar-refractivity contribution is -0.123. The molecule has 0 saturated carbocycles. The number of hydrogen-bond acceptors (Lipinski definition) is 5. The van der Waals surface area contributed by atoms with Gasteiger partial charge in [0.1, 0.15) is 12.6 Å². The number of nitrogens with zero attached hydrogens (tertiary/aromatic N) is 3. The fourth-order valence-corrected chi connectivity index (χ4v) is 4.61. The van der Waals surface area contributed by atoms with Gasteiger partial charge in [-0.1, -0.05) is 60.7 Å². The maximum absolute atomic E-state index is 13.0. The minimum atomic E-state index is -0.925. The Morgan fingerprint density at radius 3 is 2.58 bits per heavy atom. The zero-order chi connectivity index (χ0) is 27.9. The number of nitrogens with one attached hydrogen (secondary N) is 3. The maximum Gasteiger partial charge on any atom is 0.408 e. The number of aromatic nitrogens is 3. The summed E-state index contributed by atoms with van der Waals surface area (Å²) in [6.45, 7) is 4.14. The molecule has 0 fully saturated rings. The molecule has 9 heteroatoms. The van der Waals surface area contributed by atoms with E-state index in [2.05, 4.69) is 60.7 Å². The summed E-state index contributed by atoms with van der Waals surface area (Å²) in [5.74, 6) is -0.481. The van der Waals surface area contributed by atoms with Crippen LogP contribution in [0.15, 0.2) is 96.5 Å². The van der Waals surface area contributed by atoms with Crippen LogP contribution in [0, 0.1) is 13.8 Å². The Kier molecular flexibility index (Phi) is 8.01. The third-order valence-electron chi connectivity index (χ3n) is 6.64. The molecule has 0 radical (unpaired) electrons. The van der Waals surface area contributed by atoms with Gasteiger partial charge in [-0.25, -0.2) is 15.2 Å². The molecule has 3 aromatic carbocycles. The van der Waals surface area contributed by atoms with Gasteiger partial charge in [-0.15, -0.1) is 0 Å². The number of imidazole rings is 1. The maximum atomic E-state index is 13.0. The molecule has 0 unspecified atom stereocenters. The summed E-state index contributed by atoms with van der Waals surface area (Å²) in [5, 5.41) is 9.17. The van der Waals surface area contributed by atoms with Gasteiger partial charge in [-0.05, 0) is 48.4 Å². The number of rotatable bonds is 9. The molecule has 9 nitrogen and oxygen atoms in total. The number of amides is 2. The summed E-state index contributed by atoms with van der Waals surface area (Å²) in [5.41, 5.74) is 8.04. The SMILES string of the molecule is Cc1cc(/C=N\NC(=O)[C@H](Cc2cnc[nH]2)NC(=O)OCc2ccccc2)c(C)n1-c1ccc2ccccc2c1. The van der Waals surface area contributed by atoms with Crippen molar-refractivity contribution in [2.24, 2.45) is 5.10 Å². The predicted octanol–water partition coefficient (Wildman–Crippen LogP) is 4.96. The molecule has 5 rings (SSSR count). The number of H-pyrrole nitrogens is 1. The molecule has 2 heterocycles. The summed E-state index contributed by atoms with van der Waals surface area (Å²) in [7, 11) is 0. The Balaban J connectivity index is 1.26. The normalized spacial score (nSPS) is 11.9. The summed E-state index contributed by atoms with van der Waals surface area (Å²) in [6.07, 6.45) is 4.21. The van der Waals surface area contributed by atoms with Crippen molar-refractivity contribution in [3.8, 4) is 5.69 Å². The highest BCUT2D eigenvalue weighted by Crippen LogP contribution is 2.23. The Morgan fingerprint density at radius 1 is 1.02 bits per heavy atom. The second-order valence-corrected chi connectivity index (χ2v) is 9.47. The smallest absolute Gasteiger partial charge is 0.408 e. The van der Waals surface area contributed by atoms with E-state index in [1.165, 1.54) is 11.7 Å². The van der Waals surface area contributed by atoms with Gasteiger partial charge in [0.25, 0.3) is 5.91 Å². The van der Waals surface area contributed by atoms with E-state index in [4.69, 9.17) is 4.74 Å². The van der Waals surface area contributed by atoms with Crippen LogP contribution in [0.25, 0.3) is 16.5 Å². The molecular weight excluding hydrogens is 504 g/mol. The van der Waals surface area contributed by atoms with Crippen molar-refractivity contribution in [2.75, 3.05) is 0 Å². The first-order valence-electron chi connectivity index (χ1n) is 12.9. The quantitative estimate of drug-likeness (QED) is 0.183. The van der Waals surface area contributed by atoms with E-state index in [-0.39, 0.29) is 13.0 Å². The van der Waals surface area contributed by atoms with Crippen LogP contribution in [0.2, 0.25) is 0 Å². The molecule has 0 aliphatic carbocycles. The van der Waals surface area contributed by atoms with Crippen LogP contribution in [0.3, 0.4) is 0 Å². The molecule has 0 saturated heterocycles. The second-order valence-electron chi connectivity index (χ2n) is 9.47. The fraction of sp³-hybridized carbons (Fsp3) is 0.161. The van der Waals surface area contributed by atoms with Gasteiger partial charge in [0.15, 0.2) is 0 Å². The lowest BCUT2D eigenvalue weighted by Crippen LogP contribution is -2.47. The predicted molar refractivity (Wildman–Crippen MR) is 154 cm³/mol. The molecular formula is C31H30N6O3. The molecule has 0 bridgehead atoms. The molecule has 3 N–H and O–H groups in total. The molecule has 202 valence electrons. The topological polar surface area (TPSA) is 113 Å². The van der Waals surface area contributed by atoms with Crippen molar-refractivity contribution in [3.05, 3.63) is 120 Å². The lowest BCUT2D eigenvalue weighted by Gasteiger charge is -2.16. The van der Waals surface area contributed by atoms with Crippen molar-refractivity contribution in [1.82, 2.24) is 25.3 Å². The lowest BCUT2D eigenvalue weighted by atomic mass is 10.1. The number of hydrogen-bond donors (Lipinski definition) is 3. The number of benzene rings is 3. The molecule has 2 amide bonds. The Bertz CT molecular complexity index is 1640. The van der Waals surface area contributed by atoms with E-state index in [0.29, 0.717) is 5.69 Å². The van der Waals surface area contributed by atoms with Crippen LogP contribution >= 0.6 is 0 Å². The van der Waals surface area contributed by atoms with E-state index >= 15 is 0 Å². The first-order valence-corrected chi connectivity index (χ1v) is 12.9. The van der Waals surface area contributed by atoms with Gasteiger partial charge in [-0.3, -0.25) is 4.79 Å². The standard InChI is InChI=1S/C31H30N6O3/c1-21-14-26(22(2)37(21)28-13-12-24-10-6-7-11-25(24)15-28)17-34-36-30(38)29(16-27-18-32-20-33-27)35-31(39)40-19-23-8-4-3-5-9-23/h3-15,17-18,20,29H,16,19H2,1-2H3,(H,32,33)(H,35,39)(H,36,38)/b34-17-/t29-/m0/s1. The van der Waals surface area contributed by atoms with Crippen LogP contribution in [0.4, 0.5) is 4.79 Å². The summed E-state index contributed by atoms with van der Waals surface area (Å²) in [6, 6.07) is 25.0. The summed E-state index contributed by atoms with van der Waals surface area (Å²) < 4.78 is 7.46. The number of aryl methyl sites for hydroxylation is 1. The van der Waals surface area contributed by atoms with E-state index in [0.717, 1.165) is 33.6 Å². The molecule has 0 aliphatic heterocycles. The summed E-state index contributed by atoms with van der Waals surface area (Å²) >= 11 is 0. The highest BCUT2D eigenvalue weighted by Gasteiger charge is 2.22. The molecule has 5 aromatic rings. The molecule has 0 aliphatic rings. The highest BCUT2D eigenvalue weighted by atomic mass is 16.5. The number of ether oxygens (including phenoxy) is 1. The number of aromatic amines is 1. The van der Waals surface area contributed by atoms with Gasteiger partial charge in [0.2, 0.25) is 0 Å². The average molecular weight is 535 g/mol. The van der Waals surface area contributed by atoms with Gasteiger partial charge >= 0.3 is 6.09 Å². The second kappa shape index (κ2) is 12.1. The van der Waals surface area contributed by atoms with Crippen molar-refractivity contribution >= 4 is 29.0 Å². The molecule has 0 spiro atoms. The first-order chi connectivity index (χ1) is 19.5. The Morgan fingerprint density at radius 2 is 1.80 bits per heavy atom. The zero-order valence-corrected chi connectivity index (χ0v) is 22.3. The minimum absolute atomic E-state index is 0.0933. The third kappa shape index (κ3) is 6.27. The number of carbonyl (C=O) groups excluding carboxylic acids is 2. The fourth-order valence-electron chi connectivity index (χ4n) is 4.61. The minimum Gasteiger partial charge on any atom is -0.445 e. The van der Waals surface area contributed by atoms with Crippen LogP contribution in [0.5, 0.6) is 0 Å². The largest absolute Gasteiger partial charge is 0.445 e. The van der Waals surface area contributed by atoms with Gasteiger partial charge in [0.05, 0.1) is 12.5 Å². The van der Waals surface area contributed by atoms with Crippen molar-refractivity contribution in [1.29, 1.82) is 0 Å². The van der Waals surface area contributed by atoms with E-state index in [9.17, 15) is 9.59 Å². The van der Waals surface area contributed by atoms with Crippen molar-refractivity contribution in [2.45, 2.75) is 32.9 Å². The Labute approximate surface area is 231 Å². The van der Waals surface area contributed by atoms with E-state index in [1.54, 1.807) is 12.4 Å². The van der Waals surface area contributed by atoms with E-state index in [1.807, 2.05) is 62.4 Å². The number of alkyl carbamates (subject to hydrolysis) is 1. The monoisotopic (exact) mass is 534 g/mol. The number of hydrazone groups is 1. The third-order valence-corrected chi connectivity index (χ3v) is 6.64. The van der Waals surface area contributed by atoms with Crippen molar-refractivity contribution in [3.63, 3.8) is 0 Å². The number of fused-ring (bicyclic) bond motifs is 1. The first kappa shape index (κ1) is 26.4. The molecule has 2 aromatic heterocycles. The zero-order valence-electron chi connectivity index (χ0n) is 22.3. The van der Waals surface area contributed by atoms with Crippen molar-refractivity contribution < 1.29 is 14.3 Å². The van der Waals surface area contributed by atoms with Crippen LogP contribution < -0.4 is 10.7 Å². The molecule has 1 atom stereocenters. The van der Waals surface area contributed by atoms with E-state index < -0.39 is 18.0 Å². The average Bonchev–Trinajstić information content (AvgIpc) is 3.58. The number of carbonyl (C=O) groups is 2. The van der Waals surface area contributed by atoms with Crippen LogP contribution in [-0.2, 0) is 22.6 Å². The van der Waals surface area contributed by atoms with Gasteiger partial charge < -0.3 is 19.6 Å². The highest BCUT2D eigenvalue weighted by molar-refractivity contribution is 5.88. The van der Waals surface area contributed by atoms with Gasteiger partial charge in [0, 0.05) is 41.0 Å².